The van der Waals surface area contributed by atoms with E-state index in [9.17, 15) is 4.79 Å². The number of amides is 1. The van der Waals surface area contributed by atoms with Crippen LogP contribution in [-0.2, 0) is 4.74 Å². The van der Waals surface area contributed by atoms with Crippen LogP contribution in [0.15, 0.2) is 30.5 Å². The van der Waals surface area contributed by atoms with Gasteiger partial charge in [-0.05, 0) is 36.2 Å². The Morgan fingerprint density at radius 3 is 2.57 bits per heavy atom. The summed E-state index contributed by atoms with van der Waals surface area (Å²) in [5.74, 6) is -0.526. The Bertz CT molecular complexity index is 668. The Morgan fingerprint density at radius 2 is 2.00 bits per heavy atom. The maximum atomic E-state index is 11.4. The van der Waals surface area contributed by atoms with Gasteiger partial charge in [-0.3, -0.25) is 4.79 Å². The molecule has 0 radical (unpaired) electrons. The van der Waals surface area contributed by atoms with E-state index >= 15 is 0 Å². The lowest BCUT2D eigenvalue weighted by Crippen LogP contribution is -2.16. The van der Waals surface area contributed by atoms with Crippen LogP contribution in [0, 0.1) is 6.92 Å². The zero-order valence-corrected chi connectivity index (χ0v) is 12.5. The first-order valence-corrected chi connectivity index (χ1v) is 6.65. The molecule has 1 aromatic carbocycles. The number of hydrogen-bond acceptors (Lipinski definition) is 4. The van der Waals surface area contributed by atoms with Crippen molar-refractivity contribution in [2.24, 2.45) is 5.73 Å². The molecular formula is C15H16ClN3O2. The molecule has 2 rings (SSSR count). The molecule has 0 spiro atoms. The number of nitrogens with zero attached hydrogens (tertiary/aromatic N) is 1. The van der Waals surface area contributed by atoms with Crippen LogP contribution in [0.5, 0.6) is 0 Å². The molecule has 1 amide bonds. The van der Waals surface area contributed by atoms with Gasteiger partial charge in [0.25, 0.3) is 5.91 Å². The molecule has 5 nitrogen and oxygen atoms in total. The summed E-state index contributed by atoms with van der Waals surface area (Å²) in [5, 5.41) is 0.616. The lowest BCUT2D eigenvalue weighted by Gasteiger charge is -2.18. The summed E-state index contributed by atoms with van der Waals surface area (Å²) in [6, 6.07) is 7.21. The van der Waals surface area contributed by atoms with Gasteiger partial charge in [0.1, 0.15) is 11.9 Å². The second-order valence-corrected chi connectivity index (χ2v) is 5.18. The normalized spacial score (nSPS) is 12.1. The van der Waals surface area contributed by atoms with E-state index in [1.165, 1.54) is 0 Å². The van der Waals surface area contributed by atoms with Gasteiger partial charge < -0.3 is 16.2 Å². The van der Waals surface area contributed by atoms with Crippen LogP contribution in [0.2, 0.25) is 5.02 Å². The number of halogens is 1. The van der Waals surface area contributed by atoms with Crippen molar-refractivity contribution in [1.29, 1.82) is 0 Å². The largest absolute Gasteiger partial charge is 0.383 e. The van der Waals surface area contributed by atoms with Crippen LogP contribution in [0.3, 0.4) is 0 Å². The molecular weight excluding hydrogens is 290 g/mol. The molecule has 1 aromatic heterocycles. The molecule has 0 aliphatic rings. The van der Waals surface area contributed by atoms with E-state index in [0.29, 0.717) is 10.6 Å². The first-order valence-electron chi connectivity index (χ1n) is 6.27. The third kappa shape index (κ3) is 3.32. The summed E-state index contributed by atoms with van der Waals surface area (Å²) in [6.07, 6.45) is 1.15. The Labute approximate surface area is 127 Å². The SMILES string of the molecule is COC(c1cc(C)cc(Cl)c1)c1cnc(N)c(C(N)=O)c1. The van der Waals surface area contributed by atoms with Gasteiger partial charge in [0.15, 0.2) is 0 Å². The smallest absolute Gasteiger partial charge is 0.252 e. The van der Waals surface area contributed by atoms with Crippen LogP contribution < -0.4 is 11.5 Å². The van der Waals surface area contributed by atoms with E-state index < -0.39 is 12.0 Å². The van der Waals surface area contributed by atoms with E-state index in [1.807, 2.05) is 25.1 Å². The molecule has 4 N–H and O–H groups in total. The minimum absolute atomic E-state index is 0.100. The van der Waals surface area contributed by atoms with Crippen LogP contribution >= 0.6 is 11.6 Å². The van der Waals surface area contributed by atoms with Crippen LogP contribution in [-0.4, -0.2) is 18.0 Å². The second-order valence-electron chi connectivity index (χ2n) is 4.74. The van der Waals surface area contributed by atoms with Crippen molar-refractivity contribution in [1.82, 2.24) is 4.98 Å². The van der Waals surface area contributed by atoms with Gasteiger partial charge in [-0.15, -0.1) is 0 Å². The molecule has 1 atom stereocenters. The number of rotatable bonds is 4. The fourth-order valence-electron chi connectivity index (χ4n) is 2.21. The Hall–Kier alpha value is -2.11. The predicted octanol–water partition coefficient (Wildman–Crippen LogP) is 2.46. The number of benzene rings is 1. The molecule has 6 heteroatoms. The molecule has 110 valence electrons. The summed E-state index contributed by atoms with van der Waals surface area (Å²) >= 11 is 6.08. The van der Waals surface area contributed by atoms with Gasteiger partial charge in [0, 0.05) is 23.9 Å². The Kier molecular flexibility index (Phi) is 4.45. The molecule has 0 saturated heterocycles. The van der Waals surface area contributed by atoms with E-state index in [0.717, 1.165) is 11.1 Å². The minimum atomic E-state index is -0.626. The summed E-state index contributed by atoms with van der Waals surface area (Å²) in [6.45, 7) is 1.94. The van der Waals surface area contributed by atoms with Crippen molar-refractivity contribution in [3.63, 3.8) is 0 Å². The van der Waals surface area contributed by atoms with E-state index in [1.54, 1.807) is 19.4 Å². The number of anilines is 1. The average Bonchev–Trinajstić information content (AvgIpc) is 2.40. The minimum Gasteiger partial charge on any atom is -0.383 e. The van der Waals surface area contributed by atoms with E-state index in [2.05, 4.69) is 4.98 Å². The lowest BCUT2D eigenvalue weighted by atomic mass is 9.99. The molecule has 1 unspecified atom stereocenters. The van der Waals surface area contributed by atoms with Gasteiger partial charge in [-0.25, -0.2) is 4.98 Å². The number of methoxy groups -OCH3 is 1. The average molecular weight is 306 g/mol. The number of nitrogen functional groups attached to an aromatic ring is 1. The van der Waals surface area contributed by atoms with Crippen molar-refractivity contribution in [2.45, 2.75) is 13.0 Å². The number of nitrogens with two attached hydrogens (primary N) is 2. The summed E-state index contributed by atoms with van der Waals surface area (Å²) in [4.78, 5) is 15.4. The van der Waals surface area contributed by atoms with Crippen LogP contribution in [0.25, 0.3) is 0 Å². The molecule has 2 aromatic rings. The van der Waals surface area contributed by atoms with Crippen LogP contribution in [0.1, 0.15) is 33.2 Å². The number of pyridine rings is 1. The number of primary amides is 1. The van der Waals surface area contributed by atoms with Gasteiger partial charge in [0.05, 0.1) is 5.56 Å². The van der Waals surface area contributed by atoms with Crippen molar-refractivity contribution in [2.75, 3.05) is 12.8 Å². The highest BCUT2D eigenvalue weighted by molar-refractivity contribution is 6.30. The molecule has 0 saturated carbocycles. The van der Waals surface area contributed by atoms with Gasteiger partial charge in [-0.1, -0.05) is 17.7 Å². The van der Waals surface area contributed by atoms with Crippen molar-refractivity contribution < 1.29 is 9.53 Å². The zero-order valence-electron chi connectivity index (χ0n) is 11.8. The third-order valence-corrected chi connectivity index (χ3v) is 3.33. The quantitative estimate of drug-likeness (QED) is 0.907. The molecule has 0 bridgehead atoms. The highest BCUT2D eigenvalue weighted by Gasteiger charge is 2.18. The van der Waals surface area contributed by atoms with Crippen molar-refractivity contribution >= 4 is 23.3 Å². The molecule has 0 aliphatic heterocycles. The number of carbonyl (C=O) groups excluding carboxylic acids is 1. The molecule has 1 heterocycles. The molecule has 0 aliphatic carbocycles. The first kappa shape index (κ1) is 15.3. The van der Waals surface area contributed by atoms with Gasteiger partial charge in [-0.2, -0.15) is 0 Å². The summed E-state index contributed by atoms with van der Waals surface area (Å²) < 4.78 is 5.52. The zero-order chi connectivity index (χ0) is 15.6. The molecule has 21 heavy (non-hydrogen) atoms. The van der Waals surface area contributed by atoms with Gasteiger partial charge in [0.2, 0.25) is 0 Å². The lowest BCUT2D eigenvalue weighted by molar-refractivity contribution is 0.1000. The fraction of sp³-hybridized carbons (Fsp3) is 0.200. The number of aromatic nitrogens is 1. The van der Waals surface area contributed by atoms with E-state index in [-0.39, 0.29) is 11.4 Å². The maximum Gasteiger partial charge on any atom is 0.252 e. The number of aryl methyl sites for hydroxylation is 1. The monoisotopic (exact) mass is 305 g/mol. The highest BCUT2D eigenvalue weighted by Crippen LogP contribution is 2.29. The van der Waals surface area contributed by atoms with Crippen LogP contribution in [0.4, 0.5) is 5.82 Å². The number of ether oxygens (including phenoxy) is 1. The second kappa shape index (κ2) is 6.11. The number of carbonyl (C=O) groups is 1. The van der Waals surface area contributed by atoms with Crippen molar-refractivity contribution in [3.8, 4) is 0 Å². The third-order valence-electron chi connectivity index (χ3n) is 3.11. The first-order chi connectivity index (χ1) is 9.92. The predicted molar refractivity (Wildman–Crippen MR) is 82.2 cm³/mol. The Morgan fingerprint density at radius 1 is 1.29 bits per heavy atom. The highest BCUT2D eigenvalue weighted by atomic mass is 35.5. The topological polar surface area (TPSA) is 91.2 Å². The maximum absolute atomic E-state index is 11.4. The summed E-state index contributed by atoms with van der Waals surface area (Å²) in [7, 11) is 1.57. The van der Waals surface area contributed by atoms with Gasteiger partial charge >= 0.3 is 0 Å². The Balaban J connectivity index is 2.51. The standard InChI is InChI=1S/C15H16ClN3O2/c1-8-3-9(5-11(16)4-8)13(21-2)10-6-12(15(18)20)14(17)19-7-10/h3-7,13H,1-2H3,(H2,17,19)(H2,18,20). The number of hydrogen-bond donors (Lipinski definition) is 2. The van der Waals surface area contributed by atoms with Crippen molar-refractivity contribution in [3.05, 3.63) is 57.7 Å². The summed E-state index contributed by atoms with van der Waals surface area (Å²) in [5.41, 5.74) is 13.7. The van der Waals surface area contributed by atoms with E-state index in [4.69, 9.17) is 27.8 Å². The fourth-order valence-corrected chi connectivity index (χ4v) is 2.51. The molecule has 0 fully saturated rings.